The summed E-state index contributed by atoms with van der Waals surface area (Å²) in [4.78, 5) is 27.2. The smallest absolute Gasteiger partial charge is 0.273 e. The van der Waals surface area contributed by atoms with E-state index in [1.165, 1.54) is 12.1 Å². The maximum Gasteiger partial charge on any atom is 0.273 e. The van der Waals surface area contributed by atoms with E-state index in [2.05, 4.69) is 10.3 Å². The van der Waals surface area contributed by atoms with Gasteiger partial charge in [0, 0.05) is 33.8 Å². The van der Waals surface area contributed by atoms with E-state index in [4.69, 9.17) is 11.6 Å². The molecule has 1 amide bonds. The zero-order chi connectivity index (χ0) is 17.3. The Morgan fingerprint density at radius 2 is 2.04 bits per heavy atom. The molecule has 3 aromatic rings. The molecule has 2 aromatic carbocycles. The van der Waals surface area contributed by atoms with Gasteiger partial charge in [0.15, 0.2) is 0 Å². The van der Waals surface area contributed by atoms with Crippen molar-refractivity contribution in [3.8, 4) is 0 Å². The lowest BCUT2D eigenvalue weighted by Gasteiger charge is -2.09. The van der Waals surface area contributed by atoms with Crippen LogP contribution in [-0.4, -0.2) is 15.8 Å². The first-order valence-corrected chi connectivity index (χ1v) is 7.44. The van der Waals surface area contributed by atoms with Crippen molar-refractivity contribution in [2.75, 3.05) is 5.32 Å². The minimum absolute atomic E-state index is 0.100. The molecule has 6 nitrogen and oxygen atoms in total. The molecule has 120 valence electrons. The van der Waals surface area contributed by atoms with Gasteiger partial charge in [0.2, 0.25) is 0 Å². The Balaban J connectivity index is 1.99. The number of benzene rings is 2. The van der Waals surface area contributed by atoms with Gasteiger partial charge < -0.3 is 5.32 Å². The number of rotatable bonds is 3. The summed E-state index contributed by atoms with van der Waals surface area (Å²) in [6.07, 6.45) is 1.61. The number of anilines is 1. The van der Waals surface area contributed by atoms with E-state index in [9.17, 15) is 14.9 Å². The maximum absolute atomic E-state index is 12.5. The molecular formula is C17H12ClN3O3. The number of aromatic nitrogens is 1. The molecule has 7 heteroatoms. The molecule has 1 heterocycles. The third-order valence-corrected chi connectivity index (χ3v) is 3.80. The largest absolute Gasteiger partial charge is 0.320 e. The van der Waals surface area contributed by atoms with Gasteiger partial charge in [0.1, 0.15) is 0 Å². The summed E-state index contributed by atoms with van der Waals surface area (Å²) in [5.41, 5.74) is 1.63. The first kappa shape index (κ1) is 15.9. The molecule has 0 unspecified atom stereocenters. The molecule has 0 aliphatic heterocycles. The summed E-state index contributed by atoms with van der Waals surface area (Å²) >= 11 is 6.07. The molecule has 0 aliphatic rings. The SMILES string of the molecule is Cc1ccc(C(=O)Nc2cc(Cl)cc3cccnc23)cc1[N+](=O)[O-]. The van der Waals surface area contributed by atoms with Gasteiger partial charge in [0.05, 0.1) is 16.1 Å². The number of carbonyl (C=O) groups excluding carboxylic acids is 1. The van der Waals surface area contributed by atoms with Crippen molar-refractivity contribution in [3.05, 3.63) is 74.9 Å². The second-order valence-corrected chi connectivity index (χ2v) is 5.68. The second kappa shape index (κ2) is 6.25. The van der Waals surface area contributed by atoms with Gasteiger partial charge in [-0.25, -0.2) is 0 Å². The molecule has 0 fully saturated rings. The topological polar surface area (TPSA) is 85.1 Å². The minimum Gasteiger partial charge on any atom is -0.320 e. The van der Waals surface area contributed by atoms with Gasteiger partial charge in [-0.2, -0.15) is 0 Å². The van der Waals surface area contributed by atoms with E-state index in [0.29, 0.717) is 21.8 Å². The van der Waals surface area contributed by atoms with Crippen LogP contribution in [0.25, 0.3) is 10.9 Å². The highest BCUT2D eigenvalue weighted by molar-refractivity contribution is 6.32. The van der Waals surface area contributed by atoms with Crippen molar-refractivity contribution < 1.29 is 9.72 Å². The van der Waals surface area contributed by atoms with Gasteiger partial charge in [0.25, 0.3) is 11.6 Å². The molecule has 0 spiro atoms. The standard InChI is InChI=1S/C17H12ClN3O3/c1-10-4-5-12(8-15(10)21(23)24)17(22)20-14-9-13(18)7-11-3-2-6-19-16(11)14/h2-9H,1H3,(H,20,22). The number of amides is 1. The first-order valence-electron chi connectivity index (χ1n) is 7.06. The average Bonchev–Trinajstić information content (AvgIpc) is 2.54. The Morgan fingerprint density at radius 3 is 2.79 bits per heavy atom. The van der Waals surface area contributed by atoms with E-state index in [1.54, 1.807) is 37.4 Å². The van der Waals surface area contributed by atoms with Crippen LogP contribution in [0.15, 0.2) is 48.7 Å². The van der Waals surface area contributed by atoms with Gasteiger partial charge in [-0.15, -0.1) is 0 Å². The highest BCUT2D eigenvalue weighted by Gasteiger charge is 2.16. The van der Waals surface area contributed by atoms with Gasteiger partial charge in [-0.05, 0) is 31.2 Å². The quantitative estimate of drug-likeness (QED) is 0.566. The molecule has 0 saturated heterocycles. The van der Waals surface area contributed by atoms with Crippen LogP contribution >= 0.6 is 11.6 Å². The number of nitrogens with zero attached hydrogens (tertiary/aromatic N) is 2. The predicted molar refractivity (Wildman–Crippen MR) is 92.5 cm³/mol. The number of carbonyl (C=O) groups is 1. The Bertz CT molecular complexity index is 972. The van der Waals surface area contributed by atoms with E-state index in [0.717, 1.165) is 5.39 Å². The summed E-state index contributed by atoms with van der Waals surface area (Å²) < 4.78 is 0. The zero-order valence-electron chi connectivity index (χ0n) is 12.6. The number of nitro groups is 1. The van der Waals surface area contributed by atoms with Gasteiger partial charge >= 0.3 is 0 Å². The fourth-order valence-electron chi connectivity index (χ4n) is 2.39. The highest BCUT2D eigenvalue weighted by atomic mass is 35.5. The van der Waals surface area contributed by atoms with E-state index in [1.807, 2.05) is 6.07 Å². The van der Waals surface area contributed by atoms with Crippen LogP contribution in [0.4, 0.5) is 11.4 Å². The Hall–Kier alpha value is -2.99. The summed E-state index contributed by atoms with van der Waals surface area (Å²) in [6.45, 7) is 1.62. The van der Waals surface area contributed by atoms with Crippen molar-refractivity contribution in [1.82, 2.24) is 4.98 Å². The monoisotopic (exact) mass is 341 g/mol. The lowest BCUT2D eigenvalue weighted by Crippen LogP contribution is -2.13. The molecule has 1 N–H and O–H groups in total. The van der Waals surface area contributed by atoms with Crippen LogP contribution in [0.5, 0.6) is 0 Å². The summed E-state index contributed by atoms with van der Waals surface area (Å²) in [5, 5.41) is 15.0. The number of fused-ring (bicyclic) bond motifs is 1. The number of hydrogen-bond donors (Lipinski definition) is 1. The lowest BCUT2D eigenvalue weighted by molar-refractivity contribution is -0.385. The van der Waals surface area contributed by atoms with Crippen molar-refractivity contribution in [1.29, 1.82) is 0 Å². The Kier molecular flexibility index (Phi) is 4.14. The third-order valence-electron chi connectivity index (χ3n) is 3.59. The molecule has 1 aromatic heterocycles. The fourth-order valence-corrected chi connectivity index (χ4v) is 2.62. The summed E-state index contributed by atoms with van der Waals surface area (Å²) in [6, 6.07) is 11.3. The minimum atomic E-state index is -0.511. The van der Waals surface area contributed by atoms with Crippen LogP contribution in [-0.2, 0) is 0 Å². The molecule has 24 heavy (non-hydrogen) atoms. The van der Waals surface area contributed by atoms with E-state index >= 15 is 0 Å². The number of pyridine rings is 1. The summed E-state index contributed by atoms with van der Waals surface area (Å²) in [5.74, 6) is -0.465. The van der Waals surface area contributed by atoms with Crippen LogP contribution in [0.3, 0.4) is 0 Å². The molecular weight excluding hydrogens is 330 g/mol. The van der Waals surface area contributed by atoms with Crippen molar-refractivity contribution in [2.45, 2.75) is 6.92 Å². The number of nitro benzene ring substituents is 1. The fraction of sp³-hybridized carbons (Fsp3) is 0.0588. The Morgan fingerprint density at radius 1 is 1.25 bits per heavy atom. The van der Waals surface area contributed by atoms with Crippen LogP contribution < -0.4 is 5.32 Å². The van der Waals surface area contributed by atoms with Crippen LogP contribution in [0.1, 0.15) is 15.9 Å². The van der Waals surface area contributed by atoms with Gasteiger partial charge in [-0.3, -0.25) is 19.9 Å². The number of aryl methyl sites for hydroxylation is 1. The lowest BCUT2D eigenvalue weighted by atomic mass is 10.1. The van der Waals surface area contributed by atoms with Crippen LogP contribution in [0, 0.1) is 17.0 Å². The summed E-state index contributed by atoms with van der Waals surface area (Å²) in [7, 11) is 0. The van der Waals surface area contributed by atoms with E-state index < -0.39 is 10.8 Å². The van der Waals surface area contributed by atoms with Crippen molar-refractivity contribution >= 4 is 39.8 Å². The Labute approximate surface area is 142 Å². The normalized spacial score (nSPS) is 10.6. The average molecular weight is 342 g/mol. The highest BCUT2D eigenvalue weighted by Crippen LogP contribution is 2.27. The number of hydrogen-bond acceptors (Lipinski definition) is 4. The molecule has 0 aliphatic carbocycles. The maximum atomic E-state index is 12.5. The number of halogens is 1. The molecule has 3 rings (SSSR count). The van der Waals surface area contributed by atoms with Crippen molar-refractivity contribution in [2.24, 2.45) is 0 Å². The number of nitrogens with one attached hydrogen (secondary N) is 1. The third kappa shape index (κ3) is 3.04. The van der Waals surface area contributed by atoms with Crippen molar-refractivity contribution in [3.63, 3.8) is 0 Å². The first-order chi connectivity index (χ1) is 11.5. The van der Waals surface area contributed by atoms with Gasteiger partial charge in [-0.1, -0.05) is 23.7 Å². The molecule has 0 atom stereocenters. The zero-order valence-corrected chi connectivity index (χ0v) is 13.4. The van der Waals surface area contributed by atoms with Crippen LogP contribution in [0.2, 0.25) is 5.02 Å². The molecule has 0 radical (unpaired) electrons. The second-order valence-electron chi connectivity index (χ2n) is 5.24. The predicted octanol–water partition coefficient (Wildman–Crippen LogP) is 4.36. The molecule has 0 bridgehead atoms. The van der Waals surface area contributed by atoms with E-state index in [-0.39, 0.29) is 11.3 Å². The molecule has 0 saturated carbocycles.